The van der Waals surface area contributed by atoms with E-state index in [0.717, 1.165) is 5.56 Å². The number of nitrogens with zero attached hydrogens (tertiary/aromatic N) is 2. The molecule has 1 amide bonds. The van der Waals surface area contributed by atoms with Crippen molar-refractivity contribution in [2.75, 3.05) is 6.54 Å². The second kappa shape index (κ2) is 8.35. The number of rotatable bonds is 6. The highest BCUT2D eigenvalue weighted by molar-refractivity contribution is 5.88. The smallest absolute Gasteiger partial charge is 0.274 e. The van der Waals surface area contributed by atoms with Gasteiger partial charge in [0.1, 0.15) is 0 Å². The number of carbonyl (C=O) groups is 1. The Morgan fingerprint density at radius 3 is 2.32 bits per heavy atom. The summed E-state index contributed by atoms with van der Waals surface area (Å²) in [4.78, 5) is 24.6. The Balaban J connectivity index is 1.67. The van der Waals surface area contributed by atoms with Gasteiger partial charge in [0.2, 0.25) is 5.91 Å². The highest BCUT2D eigenvalue weighted by Gasteiger charge is 2.14. The average Bonchev–Trinajstić information content (AvgIpc) is 2.70. The third-order valence-corrected chi connectivity index (χ3v) is 4.91. The van der Waals surface area contributed by atoms with Crippen LogP contribution >= 0.6 is 0 Å². The van der Waals surface area contributed by atoms with E-state index in [4.69, 9.17) is 5.73 Å². The molecule has 0 saturated carbocycles. The molecule has 0 aliphatic carbocycles. The zero-order chi connectivity index (χ0) is 20.3. The molecule has 0 bridgehead atoms. The number of aryl methyl sites for hydroxylation is 1. The van der Waals surface area contributed by atoms with Gasteiger partial charge in [0.05, 0.1) is 17.5 Å². The molecule has 0 fully saturated rings. The van der Waals surface area contributed by atoms with Crippen LogP contribution in [0.5, 0.6) is 0 Å². The van der Waals surface area contributed by atoms with Crippen LogP contribution in [0.15, 0.2) is 53.3 Å². The molecule has 3 rings (SSSR count). The zero-order valence-electron chi connectivity index (χ0n) is 16.5. The van der Waals surface area contributed by atoms with Crippen LogP contribution < -0.4 is 16.6 Å². The van der Waals surface area contributed by atoms with Crippen LogP contribution in [0.3, 0.4) is 0 Å². The zero-order valence-corrected chi connectivity index (χ0v) is 16.5. The summed E-state index contributed by atoms with van der Waals surface area (Å²) in [5.41, 5.74) is 8.86. The van der Waals surface area contributed by atoms with E-state index < -0.39 is 0 Å². The van der Waals surface area contributed by atoms with Crippen LogP contribution in [0.4, 0.5) is 0 Å². The number of amides is 1. The number of benzene rings is 2. The van der Waals surface area contributed by atoms with Crippen molar-refractivity contribution < 1.29 is 4.79 Å². The second-order valence-electron chi connectivity index (χ2n) is 7.33. The first kappa shape index (κ1) is 19.8. The molecule has 6 nitrogen and oxygen atoms in total. The number of hydrogen-bond donors (Lipinski definition) is 2. The summed E-state index contributed by atoms with van der Waals surface area (Å²) in [7, 11) is 1.59. The van der Waals surface area contributed by atoms with Crippen molar-refractivity contribution in [3.8, 4) is 0 Å². The molecule has 0 aliphatic heterocycles. The minimum absolute atomic E-state index is 0.0909. The maximum Gasteiger partial charge on any atom is 0.274 e. The number of nitrogens with two attached hydrogens (primary N) is 1. The van der Waals surface area contributed by atoms with Crippen molar-refractivity contribution in [1.29, 1.82) is 0 Å². The highest BCUT2D eigenvalue weighted by atomic mass is 16.1. The summed E-state index contributed by atoms with van der Waals surface area (Å²) in [5, 5.41) is 8.40. The van der Waals surface area contributed by atoms with Crippen molar-refractivity contribution in [3.63, 3.8) is 0 Å². The molecule has 3 N–H and O–H groups in total. The van der Waals surface area contributed by atoms with Gasteiger partial charge in [-0.05, 0) is 23.1 Å². The summed E-state index contributed by atoms with van der Waals surface area (Å²) in [6.45, 7) is 4.63. The Hall–Kier alpha value is -2.99. The minimum Gasteiger partial charge on any atom is -0.354 e. The van der Waals surface area contributed by atoms with Gasteiger partial charge in [-0.25, -0.2) is 4.68 Å². The topological polar surface area (TPSA) is 90.0 Å². The van der Waals surface area contributed by atoms with Crippen molar-refractivity contribution >= 4 is 16.7 Å². The molecular formula is C22H26N4O2. The lowest BCUT2D eigenvalue weighted by molar-refractivity contribution is -0.120. The quantitative estimate of drug-likeness (QED) is 0.689. The lowest BCUT2D eigenvalue weighted by atomic mass is 9.99. The predicted octanol–water partition coefficient (Wildman–Crippen LogP) is 2.42. The Labute approximate surface area is 164 Å². The van der Waals surface area contributed by atoms with Gasteiger partial charge in [-0.2, -0.15) is 5.10 Å². The highest BCUT2D eigenvalue weighted by Crippen LogP contribution is 2.17. The van der Waals surface area contributed by atoms with E-state index in [-0.39, 0.29) is 23.9 Å². The van der Waals surface area contributed by atoms with E-state index in [9.17, 15) is 9.59 Å². The van der Waals surface area contributed by atoms with Crippen LogP contribution in [0.25, 0.3) is 10.8 Å². The van der Waals surface area contributed by atoms with Crippen LogP contribution in [0.1, 0.15) is 42.6 Å². The van der Waals surface area contributed by atoms with Crippen LogP contribution in [0.2, 0.25) is 0 Å². The number of fused-ring (bicyclic) bond motifs is 1. The molecule has 2 aromatic carbocycles. The Morgan fingerprint density at radius 2 is 1.68 bits per heavy atom. The molecule has 1 atom stereocenters. The fourth-order valence-corrected chi connectivity index (χ4v) is 3.19. The molecule has 3 aromatic rings. The lowest BCUT2D eigenvalue weighted by Gasteiger charge is -2.15. The molecule has 0 aliphatic rings. The molecular weight excluding hydrogens is 352 g/mol. The number of nitrogens with one attached hydrogen (secondary N) is 1. The molecule has 28 heavy (non-hydrogen) atoms. The number of hydrogen-bond acceptors (Lipinski definition) is 4. The standard InChI is InChI=1S/C22H26N4O2/c1-14(2)15-8-10-16(11-9-15)19(23)13-24-21(27)12-20-17-6-4-5-7-18(17)22(28)26(3)25-20/h4-11,14,19H,12-13,23H2,1-3H3,(H,24,27). The van der Waals surface area contributed by atoms with Crippen molar-refractivity contribution in [2.24, 2.45) is 12.8 Å². The van der Waals surface area contributed by atoms with E-state index in [0.29, 0.717) is 28.9 Å². The van der Waals surface area contributed by atoms with Crippen LogP contribution in [-0.2, 0) is 18.3 Å². The van der Waals surface area contributed by atoms with E-state index >= 15 is 0 Å². The number of carbonyl (C=O) groups excluding carboxylic acids is 1. The monoisotopic (exact) mass is 378 g/mol. The molecule has 6 heteroatoms. The number of aromatic nitrogens is 2. The van der Waals surface area contributed by atoms with Gasteiger partial charge in [0.15, 0.2) is 0 Å². The lowest BCUT2D eigenvalue weighted by Crippen LogP contribution is -2.33. The van der Waals surface area contributed by atoms with E-state index in [1.54, 1.807) is 19.2 Å². The van der Waals surface area contributed by atoms with E-state index in [2.05, 4.69) is 36.4 Å². The van der Waals surface area contributed by atoms with Crippen molar-refractivity contribution in [3.05, 3.63) is 75.7 Å². The summed E-state index contributed by atoms with van der Waals surface area (Å²) in [5.74, 6) is 0.291. The molecule has 1 heterocycles. The van der Waals surface area contributed by atoms with E-state index in [1.807, 2.05) is 24.3 Å². The Bertz CT molecular complexity index is 1040. The van der Waals surface area contributed by atoms with Crippen molar-refractivity contribution in [2.45, 2.75) is 32.2 Å². The molecule has 0 saturated heterocycles. The minimum atomic E-state index is -0.282. The normalized spacial score (nSPS) is 12.3. The van der Waals surface area contributed by atoms with Gasteiger partial charge in [0.25, 0.3) is 5.56 Å². The summed E-state index contributed by atoms with van der Waals surface area (Å²) >= 11 is 0. The first-order chi connectivity index (χ1) is 13.4. The van der Waals surface area contributed by atoms with Gasteiger partial charge in [0, 0.05) is 25.0 Å². The Morgan fingerprint density at radius 1 is 1.07 bits per heavy atom. The van der Waals surface area contributed by atoms with Gasteiger partial charge in [-0.15, -0.1) is 0 Å². The maximum absolute atomic E-state index is 12.4. The van der Waals surface area contributed by atoms with Crippen LogP contribution in [0, 0.1) is 0 Å². The molecule has 1 unspecified atom stereocenters. The van der Waals surface area contributed by atoms with Crippen molar-refractivity contribution in [1.82, 2.24) is 15.1 Å². The van der Waals surface area contributed by atoms with Gasteiger partial charge in [-0.3, -0.25) is 9.59 Å². The fourth-order valence-electron chi connectivity index (χ4n) is 3.19. The van der Waals surface area contributed by atoms with Gasteiger partial charge < -0.3 is 11.1 Å². The Kier molecular flexibility index (Phi) is 5.90. The first-order valence-corrected chi connectivity index (χ1v) is 9.44. The summed E-state index contributed by atoms with van der Waals surface area (Å²) in [6, 6.07) is 15.1. The van der Waals surface area contributed by atoms with Crippen LogP contribution in [-0.4, -0.2) is 22.2 Å². The third-order valence-electron chi connectivity index (χ3n) is 4.91. The SMILES string of the molecule is CC(C)c1ccc(C(N)CNC(=O)Cc2nn(C)c(=O)c3ccccc23)cc1. The fraction of sp³-hybridized carbons (Fsp3) is 0.318. The predicted molar refractivity (Wildman–Crippen MR) is 111 cm³/mol. The first-order valence-electron chi connectivity index (χ1n) is 9.44. The average molecular weight is 378 g/mol. The third kappa shape index (κ3) is 4.28. The molecule has 146 valence electrons. The largest absolute Gasteiger partial charge is 0.354 e. The van der Waals surface area contributed by atoms with Gasteiger partial charge >= 0.3 is 0 Å². The maximum atomic E-state index is 12.4. The summed E-state index contributed by atoms with van der Waals surface area (Å²) in [6.07, 6.45) is 0.0909. The van der Waals surface area contributed by atoms with Gasteiger partial charge in [-0.1, -0.05) is 56.3 Å². The van der Waals surface area contributed by atoms with E-state index in [1.165, 1.54) is 10.2 Å². The second-order valence-corrected chi connectivity index (χ2v) is 7.33. The molecule has 1 aromatic heterocycles. The summed E-state index contributed by atoms with van der Waals surface area (Å²) < 4.78 is 1.27. The molecule has 0 radical (unpaired) electrons. The molecule has 0 spiro atoms.